The van der Waals surface area contributed by atoms with Gasteiger partial charge in [0.1, 0.15) is 11.5 Å². The summed E-state index contributed by atoms with van der Waals surface area (Å²) in [6, 6.07) is 4.50. The first-order valence-electron chi connectivity index (χ1n) is 31.3. The lowest BCUT2D eigenvalue weighted by molar-refractivity contribution is -0.125. The molecule has 1 fully saturated rings. The number of hydrogen-bond donors (Lipinski definition) is 4. The first-order chi connectivity index (χ1) is 41.2. The van der Waals surface area contributed by atoms with E-state index in [1.807, 2.05) is 27.7 Å². The van der Waals surface area contributed by atoms with Crippen LogP contribution < -0.4 is 64.2 Å². The highest BCUT2D eigenvalue weighted by molar-refractivity contribution is 6.18. The number of unbranched alkanes of at least 4 members (excludes halogenated alkanes) is 2. The average molecular weight is 1180 g/mol. The molecular formula is C66H84N8O12. The molecule has 460 valence electrons. The van der Waals surface area contributed by atoms with Gasteiger partial charge in [-0.25, -0.2) is 0 Å². The lowest BCUT2D eigenvalue weighted by Gasteiger charge is -2.33. The van der Waals surface area contributed by atoms with Crippen molar-refractivity contribution in [3.8, 4) is 45.5 Å². The number of carbonyl (C=O) groups is 2. The Morgan fingerprint density at radius 3 is 1.38 bits per heavy atom. The Kier molecular flexibility index (Phi) is 19.2. The fourth-order valence-corrected chi connectivity index (χ4v) is 13.1. The Morgan fingerprint density at radius 1 is 0.535 bits per heavy atom. The molecule has 0 spiro atoms. The maximum atomic E-state index is 14.7. The van der Waals surface area contributed by atoms with Crippen molar-refractivity contribution >= 4 is 54.9 Å². The van der Waals surface area contributed by atoms with Crippen LogP contribution in [0.4, 0.5) is 0 Å². The molecule has 9 rings (SSSR count). The number of nitrogens with zero attached hydrogens (tertiary/aromatic N) is 6. The third kappa shape index (κ3) is 11.8. The summed E-state index contributed by atoms with van der Waals surface area (Å²) in [6.45, 7) is 19.4. The average Bonchev–Trinajstić information content (AvgIpc) is 0.783. The van der Waals surface area contributed by atoms with E-state index in [2.05, 4.69) is 38.3 Å². The summed E-state index contributed by atoms with van der Waals surface area (Å²) >= 11 is 0. The zero-order chi connectivity index (χ0) is 62.0. The minimum Gasteiger partial charge on any atom is -0.494 e. The van der Waals surface area contributed by atoms with E-state index in [9.17, 15) is 48.6 Å². The van der Waals surface area contributed by atoms with Gasteiger partial charge in [0, 0.05) is 90.5 Å². The number of carbonyl (C=O) groups excluding carboxylic acids is 2. The van der Waals surface area contributed by atoms with Gasteiger partial charge in [-0.2, -0.15) is 0 Å². The summed E-state index contributed by atoms with van der Waals surface area (Å²) in [5.41, 5.74) is -3.26. The molecule has 4 atom stereocenters. The molecule has 2 unspecified atom stereocenters. The van der Waals surface area contributed by atoms with Crippen molar-refractivity contribution in [2.75, 3.05) is 13.2 Å². The van der Waals surface area contributed by atoms with Crippen LogP contribution in [0.15, 0.2) is 63.0 Å². The molecule has 2 aromatic carbocycles. The lowest BCUT2D eigenvalue weighted by Crippen LogP contribution is -2.53. The van der Waals surface area contributed by atoms with E-state index in [4.69, 9.17) is 19.5 Å². The van der Waals surface area contributed by atoms with Gasteiger partial charge in [0.25, 0.3) is 33.4 Å². The fourth-order valence-electron chi connectivity index (χ4n) is 13.1. The zero-order valence-corrected chi connectivity index (χ0v) is 51.6. The van der Waals surface area contributed by atoms with E-state index in [0.29, 0.717) is 12.8 Å². The van der Waals surface area contributed by atoms with E-state index in [-0.39, 0.29) is 175 Å². The predicted molar refractivity (Wildman–Crippen MR) is 336 cm³/mol. The van der Waals surface area contributed by atoms with Gasteiger partial charge in [0.15, 0.2) is 0 Å². The number of amides is 2. The molecule has 20 nitrogen and oxygen atoms in total. The van der Waals surface area contributed by atoms with Crippen LogP contribution in [0.5, 0.6) is 23.3 Å². The van der Waals surface area contributed by atoms with E-state index < -0.39 is 57.3 Å². The molecule has 4 heterocycles. The summed E-state index contributed by atoms with van der Waals surface area (Å²) in [5, 5.41) is 32.1. The largest absolute Gasteiger partial charge is 0.494 e. The highest BCUT2D eigenvalue weighted by atomic mass is 16.5. The van der Waals surface area contributed by atoms with Crippen LogP contribution in [0.25, 0.3) is 65.3 Å². The van der Waals surface area contributed by atoms with Crippen molar-refractivity contribution in [3.63, 3.8) is 0 Å². The van der Waals surface area contributed by atoms with Gasteiger partial charge in [0.05, 0.1) is 62.0 Å². The summed E-state index contributed by atoms with van der Waals surface area (Å²) < 4.78 is 16.9. The van der Waals surface area contributed by atoms with Gasteiger partial charge < -0.3 is 30.3 Å². The van der Waals surface area contributed by atoms with E-state index in [1.54, 1.807) is 26.0 Å². The van der Waals surface area contributed by atoms with Crippen molar-refractivity contribution in [2.45, 2.75) is 209 Å². The number of hydrogen-bond acceptors (Lipinski definition) is 14. The zero-order valence-electron chi connectivity index (χ0n) is 51.6. The van der Waals surface area contributed by atoms with Crippen LogP contribution in [-0.4, -0.2) is 77.7 Å². The predicted octanol–water partition coefficient (Wildman–Crippen LogP) is 7.91. The van der Waals surface area contributed by atoms with Crippen LogP contribution in [0.3, 0.4) is 0 Å². The first-order valence-corrected chi connectivity index (χ1v) is 31.3. The van der Waals surface area contributed by atoms with Crippen LogP contribution in [0.1, 0.15) is 159 Å². The lowest BCUT2D eigenvalue weighted by atomic mass is 9.89. The number of aromatic hydroxyl groups is 2. The summed E-state index contributed by atoms with van der Waals surface area (Å²) in [6.07, 6.45) is 9.14. The van der Waals surface area contributed by atoms with Crippen LogP contribution in [-0.2, 0) is 35.8 Å². The third-order valence-corrected chi connectivity index (χ3v) is 17.4. The van der Waals surface area contributed by atoms with Gasteiger partial charge >= 0.3 is 0 Å². The third-order valence-electron chi connectivity index (χ3n) is 17.4. The molecular weight excluding hydrogens is 1100 g/mol. The quantitative estimate of drug-likeness (QED) is 0.0377. The molecule has 3 aliphatic carbocycles. The summed E-state index contributed by atoms with van der Waals surface area (Å²) in [7, 11) is 0. The van der Waals surface area contributed by atoms with Gasteiger partial charge in [-0.1, -0.05) is 79.1 Å². The van der Waals surface area contributed by atoms with Gasteiger partial charge in [-0.15, -0.1) is 0 Å². The molecule has 86 heavy (non-hydrogen) atoms. The molecule has 20 heteroatoms. The van der Waals surface area contributed by atoms with E-state index in [1.165, 1.54) is 21.3 Å². The number of aromatic nitrogens is 4. The Hall–Kier alpha value is -7.90. The van der Waals surface area contributed by atoms with E-state index >= 15 is 0 Å². The molecule has 2 aromatic heterocycles. The maximum absolute atomic E-state index is 14.7. The van der Waals surface area contributed by atoms with Crippen molar-refractivity contribution in [2.24, 2.45) is 21.8 Å². The van der Waals surface area contributed by atoms with Crippen LogP contribution in [0, 0.1) is 11.8 Å². The Balaban J connectivity index is 0.992. The number of pyridine rings is 4. The first kappa shape index (κ1) is 62.6. The highest BCUT2D eigenvalue weighted by Gasteiger charge is 2.34. The molecule has 2 amide bonds. The minimum atomic E-state index is -0.722. The molecule has 5 aliphatic rings. The molecule has 4 aromatic rings. The van der Waals surface area contributed by atoms with E-state index in [0.717, 1.165) is 73.3 Å². The molecule has 4 N–H and O–H groups in total. The highest BCUT2D eigenvalue weighted by Crippen LogP contribution is 2.43. The standard InChI is InChI=1S/C66H84N8O12/c1-11-17-21-37(13-3)33-73-61(79)41-31-47(85-15-5)57-53-39(29-45(67-35(7)8)55(51(41)53)63(73)81)59(77)71(65(57)83)27-25-49(75)69-43-23-19-20-24-44(43)70-50(76)26-28-72-60(78)40-30-46(68-36(9)10)56-52-42(32-48(86-16-6)58(54(40)52)66(72)84)62(80)74(64(56)82)34-38(14-4)22-18-12-2/h29-32,35-38,43-44,79,82H,11-28,33-34H2,1-10H3,(H,69,75)(H,70,76)/t37?,38?,43-,44-/m1/s1. The fraction of sp³-hybridized carbons (Fsp3) is 0.545. The second kappa shape index (κ2) is 26.4. The van der Waals surface area contributed by atoms with Crippen molar-refractivity contribution in [3.05, 3.63) is 97.1 Å². The number of ether oxygens (including phenoxy) is 2. The smallest absolute Gasteiger partial charge is 0.265 e. The monoisotopic (exact) mass is 1180 g/mol. The molecule has 1 saturated carbocycles. The van der Waals surface area contributed by atoms with Crippen molar-refractivity contribution in [1.29, 1.82) is 0 Å². The SMILES string of the molecule is CCCCC(CC)Cn1c(O)c2c(=NC(C)C)cc3c(=O)n(CCC(=O)N[C@@H]4CCCC[C@H]4NC(=O)CCn4c(=O)c5cc(=NC(C)C)c6c(=O)n(CC(CC)CCCC)c(O)c7cc(OCC)c(c-5c76)c4=O)c(=O)c4c(OCC)cc(c1=O)c2c4-3. The molecule has 0 radical (unpaired) electrons. The molecule has 2 aliphatic heterocycles. The number of benzene rings is 4. The Morgan fingerprint density at radius 2 is 0.953 bits per heavy atom. The number of nitrogens with one attached hydrogen (secondary N) is 2. The van der Waals surface area contributed by atoms with Gasteiger partial charge in [0.2, 0.25) is 23.6 Å². The summed E-state index contributed by atoms with van der Waals surface area (Å²) in [4.78, 5) is 126. The van der Waals surface area contributed by atoms with Crippen LogP contribution in [0.2, 0.25) is 0 Å². The topological polar surface area (TPSA) is 264 Å². The number of rotatable bonds is 26. The minimum absolute atomic E-state index is 0.0375. The van der Waals surface area contributed by atoms with Crippen molar-refractivity contribution in [1.82, 2.24) is 28.9 Å². The maximum Gasteiger partial charge on any atom is 0.265 e. The Bertz CT molecular complexity index is 4180. The summed E-state index contributed by atoms with van der Waals surface area (Å²) in [5.74, 6) is -1.10. The second-order valence-electron chi connectivity index (χ2n) is 24.0. The molecule has 0 bridgehead atoms. The molecule has 0 saturated heterocycles. The van der Waals surface area contributed by atoms with Gasteiger partial charge in [-0.3, -0.25) is 66.6 Å². The van der Waals surface area contributed by atoms with Crippen molar-refractivity contribution < 1.29 is 29.3 Å². The van der Waals surface area contributed by atoms with Gasteiger partial charge in [-0.05, 0) is 103 Å². The van der Waals surface area contributed by atoms with Crippen LogP contribution >= 0.6 is 0 Å². The second-order valence-corrected chi connectivity index (χ2v) is 24.0. The Labute approximate surface area is 498 Å². The normalized spacial score (nSPS) is 16.1.